The van der Waals surface area contributed by atoms with Crippen LogP contribution >= 0.6 is 0 Å². The molecule has 0 heterocycles. The van der Waals surface area contributed by atoms with Crippen molar-refractivity contribution < 1.29 is 29.1 Å². The first kappa shape index (κ1) is 28.2. The number of aliphatic carboxylic acids is 1. The number of unbranched alkanes of at least 4 members (excludes halogenated alkanes) is 2. The maximum atomic E-state index is 12.7. The van der Waals surface area contributed by atoms with Gasteiger partial charge in [0, 0.05) is 0 Å². The van der Waals surface area contributed by atoms with Crippen LogP contribution in [0.1, 0.15) is 44.9 Å². The zero-order valence-corrected chi connectivity index (χ0v) is 17.6. The van der Waals surface area contributed by atoms with E-state index in [9.17, 15) is 29.1 Å². The molecule has 31 heavy (non-hydrogen) atoms. The van der Waals surface area contributed by atoms with Gasteiger partial charge in [-0.15, -0.1) is 0 Å². The lowest BCUT2D eigenvalue weighted by Crippen LogP contribution is -2.56. The van der Waals surface area contributed by atoms with Gasteiger partial charge in [0.1, 0.15) is 18.1 Å². The van der Waals surface area contributed by atoms with E-state index in [0.717, 1.165) is 0 Å². The van der Waals surface area contributed by atoms with Crippen LogP contribution in [0.25, 0.3) is 0 Å². The number of hydrogen-bond acceptors (Lipinski definition) is 8. The molecule has 4 amide bonds. The highest BCUT2D eigenvalue weighted by atomic mass is 16.4. The average Bonchev–Trinajstić information content (AvgIpc) is 2.71. The van der Waals surface area contributed by atoms with Gasteiger partial charge in [0.2, 0.25) is 23.6 Å². The van der Waals surface area contributed by atoms with Crippen LogP contribution in [-0.2, 0) is 24.0 Å². The summed E-state index contributed by atoms with van der Waals surface area (Å²) in [5.41, 5.74) is 21.2. The summed E-state index contributed by atoms with van der Waals surface area (Å²) in [5, 5.41) is 16.5. The quantitative estimate of drug-likeness (QED) is 0.104. The molecule has 0 aromatic carbocycles. The Morgan fingerprint density at radius 2 is 1.19 bits per heavy atom. The minimum Gasteiger partial charge on any atom is -0.480 e. The van der Waals surface area contributed by atoms with Crippen molar-refractivity contribution in [2.45, 2.75) is 63.1 Å². The molecule has 0 radical (unpaired) electrons. The van der Waals surface area contributed by atoms with Gasteiger partial charge in [-0.1, -0.05) is 0 Å². The highest BCUT2D eigenvalue weighted by Crippen LogP contribution is 2.06. The van der Waals surface area contributed by atoms with E-state index in [-0.39, 0.29) is 12.8 Å². The van der Waals surface area contributed by atoms with E-state index in [1.807, 2.05) is 0 Å². The second kappa shape index (κ2) is 16.0. The van der Waals surface area contributed by atoms with Crippen LogP contribution in [0.2, 0.25) is 0 Å². The van der Waals surface area contributed by atoms with Crippen molar-refractivity contribution in [2.75, 3.05) is 19.6 Å². The van der Waals surface area contributed by atoms with Crippen LogP contribution in [0.5, 0.6) is 0 Å². The van der Waals surface area contributed by atoms with Crippen LogP contribution < -0.4 is 38.9 Å². The van der Waals surface area contributed by atoms with E-state index in [1.54, 1.807) is 0 Å². The predicted molar refractivity (Wildman–Crippen MR) is 112 cm³/mol. The molecule has 0 saturated heterocycles. The van der Waals surface area contributed by atoms with E-state index < -0.39 is 60.7 Å². The van der Waals surface area contributed by atoms with Crippen molar-refractivity contribution in [2.24, 2.45) is 22.9 Å². The normalized spacial score (nSPS) is 13.5. The number of nitrogens with two attached hydrogens (primary N) is 4. The Morgan fingerprint density at radius 3 is 1.65 bits per heavy atom. The van der Waals surface area contributed by atoms with Crippen molar-refractivity contribution in [1.29, 1.82) is 0 Å². The van der Waals surface area contributed by atoms with Gasteiger partial charge in [-0.25, -0.2) is 4.79 Å². The van der Waals surface area contributed by atoms with Crippen molar-refractivity contribution in [3.63, 3.8) is 0 Å². The molecule has 0 aromatic rings. The maximum absolute atomic E-state index is 12.7. The standard InChI is InChI=1S/C18H35N7O6/c19-7-3-1-5-11(16(28)25-12(18(30)31)6-2-4-8-20)24-17(29)13(9-14(22)26)23-15(27)10-21/h11-13H,1-10,19-21H2,(H2,22,26)(H,23,27)(H,24,29)(H,25,28)(H,30,31). The Labute approximate surface area is 181 Å². The summed E-state index contributed by atoms with van der Waals surface area (Å²) in [7, 11) is 0. The van der Waals surface area contributed by atoms with Gasteiger partial charge in [0.15, 0.2) is 0 Å². The molecule has 0 spiro atoms. The zero-order chi connectivity index (χ0) is 23.8. The second-order valence-electron chi connectivity index (χ2n) is 7.02. The van der Waals surface area contributed by atoms with Crippen LogP contribution in [-0.4, -0.2) is 72.5 Å². The Kier molecular flexibility index (Phi) is 14.6. The summed E-state index contributed by atoms with van der Waals surface area (Å²) in [6, 6.07) is -3.56. The van der Waals surface area contributed by atoms with Gasteiger partial charge in [-0.2, -0.15) is 0 Å². The fourth-order valence-corrected chi connectivity index (χ4v) is 2.72. The zero-order valence-electron chi connectivity index (χ0n) is 17.6. The number of amides is 4. The molecule has 0 aromatic heterocycles. The number of rotatable bonds is 17. The van der Waals surface area contributed by atoms with Gasteiger partial charge in [-0.3, -0.25) is 19.2 Å². The molecule has 178 valence electrons. The first-order valence-corrected chi connectivity index (χ1v) is 10.2. The maximum Gasteiger partial charge on any atom is 0.326 e. The Morgan fingerprint density at radius 1 is 0.710 bits per heavy atom. The number of carbonyl (C=O) groups is 5. The molecule has 0 rings (SSSR count). The molecule has 13 heteroatoms. The highest BCUT2D eigenvalue weighted by Gasteiger charge is 2.29. The van der Waals surface area contributed by atoms with Crippen molar-refractivity contribution in [1.82, 2.24) is 16.0 Å². The molecule has 0 saturated carbocycles. The van der Waals surface area contributed by atoms with Gasteiger partial charge in [0.25, 0.3) is 0 Å². The largest absolute Gasteiger partial charge is 0.480 e. The SMILES string of the molecule is NCCCCC(NC(=O)C(CCCCN)NC(=O)C(CC(N)=O)NC(=O)CN)C(=O)O. The Hall–Kier alpha value is -2.77. The lowest BCUT2D eigenvalue weighted by atomic mass is 10.0. The second-order valence-corrected chi connectivity index (χ2v) is 7.02. The average molecular weight is 446 g/mol. The summed E-state index contributed by atoms with van der Waals surface area (Å²) >= 11 is 0. The lowest BCUT2D eigenvalue weighted by Gasteiger charge is -2.24. The number of hydrogen-bond donors (Lipinski definition) is 8. The van der Waals surface area contributed by atoms with Crippen molar-refractivity contribution in [3.05, 3.63) is 0 Å². The van der Waals surface area contributed by atoms with Crippen LogP contribution in [0.4, 0.5) is 0 Å². The van der Waals surface area contributed by atoms with E-state index in [2.05, 4.69) is 16.0 Å². The topological polar surface area (TPSA) is 246 Å². The molecular formula is C18H35N7O6. The van der Waals surface area contributed by atoms with Crippen LogP contribution in [0.3, 0.4) is 0 Å². The van der Waals surface area contributed by atoms with Gasteiger partial charge >= 0.3 is 5.97 Å². The first-order valence-electron chi connectivity index (χ1n) is 10.2. The minimum absolute atomic E-state index is 0.179. The lowest BCUT2D eigenvalue weighted by molar-refractivity contribution is -0.142. The Balaban J connectivity index is 5.32. The van der Waals surface area contributed by atoms with Gasteiger partial charge in [-0.05, 0) is 51.6 Å². The molecule has 0 fully saturated rings. The van der Waals surface area contributed by atoms with E-state index in [0.29, 0.717) is 38.8 Å². The van der Waals surface area contributed by atoms with Crippen molar-refractivity contribution in [3.8, 4) is 0 Å². The summed E-state index contributed by atoms with van der Waals surface area (Å²) in [6.45, 7) is 0.357. The third-order valence-corrected chi connectivity index (χ3v) is 4.38. The predicted octanol–water partition coefficient (Wildman–Crippen LogP) is -3.38. The Bertz CT molecular complexity index is 616. The fourth-order valence-electron chi connectivity index (χ4n) is 2.72. The number of carboxylic acid groups (broad SMARTS) is 1. The summed E-state index contributed by atoms with van der Waals surface area (Å²) in [5.74, 6) is -4.25. The van der Waals surface area contributed by atoms with Crippen LogP contribution in [0, 0.1) is 0 Å². The minimum atomic E-state index is -1.32. The first-order chi connectivity index (χ1) is 14.7. The summed E-state index contributed by atoms with van der Waals surface area (Å²) < 4.78 is 0. The smallest absolute Gasteiger partial charge is 0.326 e. The van der Waals surface area contributed by atoms with E-state index in [4.69, 9.17) is 22.9 Å². The van der Waals surface area contributed by atoms with E-state index >= 15 is 0 Å². The van der Waals surface area contributed by atoms with Crippen LogP contribution in [0.15, 0.2) is 0 Å². The summed E-state index contributed by atoms with van der Waals surface area (Å²) in [4.78, 5) is 59.6. The molecular weight excluding hydrogens is 410 g/mol. The number of primary amides is 1. The van der Waals surface area contributed by atoms with Gasteiger partial charge in [0.05, 0.1) is 13.0 Å². The summed E-state index contributed by atoms with van der Waals surface area (Å²) in [6.07, 6.45) is 2.03. The fraction of sp³-hybridized carbons (Fsp3) is 0.722. The third kappa shape index (κ3) is 12.5. The molecule has 0 aliphatic carbocycles. The van der Waals surface area contributed by atoms with Gasteiger partial charge < -0.3 is 44.0 Å². The molecule has 0 aliphatic heterocycles. The van der Waals surface area contributed by atoms with Crippen molar-refractivity contribution >= 4 is 29.6 Å². The number of nitrogens with one attached hydrogen (secondary N) is 3. The molecule has 13 nitrogen and oxygen atoms in total. The highest BCUT2D eigenvalue weighted by molar-refractivity contribution is 5.95. The third-order valence-electron chi connectivity index (χ3n) is 4.38. The number of carboxylic acids is 1. The monoisotopic (exact) mass is 445 g/mol. The molecule has 3 atom stereocenters. The molecule has 0 bridgehead atoms. The molecule has 3 unspecified atom stereocenters. The number of carbonyl (C=O) groups excluding carboxylic acids is 4. The molecule has 12 N–H and O–H groups in total. The van der Waals surface area contributed by atoms with E-state index in [1.165, 1.54) is 0 Å². The molecule has 0 aliphatic rings.